The highest BCUT2D eigenvalue weighted by Crippen LogP contribution is 2.27. The molecule has 0 radical (unpaired) electrons. The predicted molar refractivity (Wildman–Crippen MR) is 85.6 cm³/mol. The van der Waals surface area contributed by atoms with Crippen molar-refractivity contribution in [3.05, 3.63) is 64.5 Å². The van der Waals surface area contributed by atoms with Gasteiger partial charge >= 0.3 is 0 Å². The van der Waals surface area contributed by atoms with Gasteiger partial charge in [-0.1, -0.05) is 12.1 Å². The lowest BCUT2D eigenvalue weighted by molar-refractivity contribution is -0.113. The quantitative estimate of drug-likeness (QED) is 0.915. The molecule has 0 bridgehead atoms. The van der Waals surface area contributed by atoms with Crippen LogP contribution in [0.5, 0.6) is 5.75 Å². The molecule has 4 nitrogen and oxygen atoms in total. The molecule has 2 aromatic rings. The van der Waals surface area contributed by atoms with Gasteiger partial charge in [0.2, 0.25) is 0 Å². The van der Waals surface area contributed by atoms with Crippen LogP contribution in [0.2, 0.25) is 0 Å². The summed E-state index contributed by atoms with van der Waals surface area (Å²) in [7, 11) is 0. The van der Waals surface area contributed by atoms with E-state index in [1.165, 1.54) is 12.1 Å². The average Bonchev–Trinajstić information content (AvgIpc) is 2.56. The van der Waals surface area contributed by atoms with Crippen molar-refractivity contribution in [2.45, 2.75) is 13.5 Å². The van der Waals surface area contributed by atoms with Crippen molar-refractivity contribution >= 4 is 17.7 Å². The van der Waals surface area contributed by atoms with Crippen molar-refractivity contribution in [1.82, 2.24) is 0 Å². The molecule has 0 aliphatic carbocycles. The Labute approximate surface area is 133 Å². The molecule has 0 spiro atoms. The third-order valence-electron chi connectivity index (χ3n) is 3.71. The molecule has 0 fully saturated rings. The Bertz CT molecular complexity index is 799. The summed E-state index contributed by atoms with van der Waals surface area (Å²) in [5.41, 5.74) is 3.19. The number of aliphatic hydroxyl groups excluding tert-OH is 1. The van der Waals surface area contributed by atoms with E-state index in [1.807, 2.05) is 13.0 Å². The number of benzene rings is 2. The van der Waals surface area contributed by atoms with E-state index < -0.39 is 0 Å². The standard InChI is InChI=1S/C18H16FNO3/c1-11-2-3-12(9-21)6-16(11)20-18(22)14-7-13-8-15(19)4-5-17(13)23-10-14/h2-8,21H,9-10H2,1H3,(H,20,22). The zero-order valence-electron chi connectivity index (χ0n) is 12.6. The second-order valence-corrected chi connectivity index (χ2v) is 5.40. The highest BCUT2D eigenvalue weighted by atomic mass is 19.1. The van der Waals surface area contributed by atoms with E-state index in [-0.39, 0.29) is 24.9 Å². The van der Waals surface area contributed by atoms with E-state index in [1.54, 1.807) is 24.3 Å². The smallest absolute Gasteiger partial charge is 0.255 e. The minimum atomic E-state index is -0.378. The first-order valence-corrected chi connectivity index (χ1v) is 7.21. The first kappa shape index (κ1) is 15.2. The van der Waals surface area contributed by atoms with Crippen molar-refractivity contribution in [2.75, 3.05) is 11.9 Å². The summed E-state index contributed by atoms with van der Waals surface area (Å²) in [6, 6.07) is 9.56. The number of hydrogen-bond acceptors (Lipinski definition) is 3. The van der Waals surface area contributed by atoms with Crippen molar-refractivity contribution in [3.63, 3.8) is 0 Å². The SMILES string of the molecule is Cc1ccc(CO)cc1NC(=O)C1=Cc2cc(F)ccc2OC1. The molecule has 0 unspecified atom stereocenters. The highest BCUT2D eigenvalue weighted by molar-refractivity contribution is 6.07. The summed E-state index contributed by atoms with van der Waals surface area (Å²) in [4.78, 5) is 12.4. The molecule has 2 aromatic carbocycles. The van der Waals surface area contributed by atoms with Crippen molar-refractivity contribution in [2.24, 2.45) is 0 Å². The molecular weight excluding hydrogens is 297 g/mol. The summed E-state index contributed by atoms with van der Waals surface area (Å²) in [5, 5.41) is 12.0. The first-order valence-electron chi connectivity index (χ1n) is 7.21. The summed E-state index contributed by atoms with van der Waals surface area (Å²) in [6.07, 6.45) is 1.63. The third-order valence-corrected chi connectivity index (χ3v) is 3.71. The van der Waals surface area contributed by atoms with Gasteiger partial charge in [-0.05, 0) is 48.4 Å². The number of anilines is 1. The Kier molecular flexibility index (Phi) is 4.12. The minimum absolute atomic E-state index is 0.0956. The maximum atomic E-state index is 13.3. The number of aryl methyl sites for hydroxylation is 1. The number of aliphatic hydroxyl groups is 1. The minimum Gasteiger partial charge on any atom is -0.488 e. The largest absolute Gasteiger partial charge is 0.488 e. The van der Waals surface area contributed by atoms with Gasteiger partial charge in [-0.15, -0.1) is 0 Å². The molecule has 0 aromatic heterocycles. The van der Waals surface area contributed by atoms with Gasteiger partial charge in [0, 0.05) is 11.3 Å². The second-order valence-electron chi connectivity index (χ2n) is 5.40. The molecule has 1 heterocycles. The van der Waals surface area contributed by atoms with Gasteiger partial charge in [0.25, 0.3) is 5.91 Å². The summed E-state index contributed by atoms with van der Waals surface area (Å²) < 4.78 is 18.8. The number of nitrogens with one attached hydrogen (secondary N) is 1. The van der Waals surface area contributed by atoms with E-state index in [0.29, 0.717) is 28.1 Å². The monoisotopic (exact) mass is 313 g/mol. The number of rotatable bonds is 3. The summed E-state index contributed by atoms with van der Waals surface area (Å²) >= 11 is 0. The van der Waals surface area contributed by atoms with E-state index in [4.69, 9.17) is 4.74 Å². The van der Waals surface area contributed by atoms with Gasteiger partial charge in [0.1, 0.15) is 18.2 Å². The van der Waals surface area contributed by atoms with Gasteiger partial charge in [-0.3, -0.25) is 4.79 Å². The summed E-state index contributed by atoms with van der Waals surface area (Å²) in [5.74, 6) is -0.128. The average molecular weight is 313 g/mol. The number of amides is 1. The van der Waals surface area contributed by atoms with Crippen LogP contribution in [0.15, 0.2) is 42.0 Å². The molecule has 23 heavy (non-hydrogen) atoms. The highest BCUT2D eigenvalue weighted by Gasteiger charge is 2.18. The second kappa shape index (κ2) is 6.22. The van der Waals surface area contributed by atoms with Gasteiger partial charge in [-0.25, -0.2) is 4.39 Å². The van der Waals surface area contributed by atoms with Crippen LogP contribution in [-0.4, -0.2) is 17.6 Å². The number of hydrogen-bond donors (Lipinski definition) is 2. The molecule has 1 aliphatic heterocycles. The number of ether oxygens (including phenoxy) is 1. The van der Waals surface area contributed by atoms with E-state index in [2.05, 4.69) is 5.32 Å². The van der Waals surface area contributed by atoms with Gasteiger partial charge in [0.05, 0.1) is 12.2 Å². The lowest BCUT2D eigenvalue weighted by Crippen LogP contribution is -2.21. The van der Waals surface area contributed by atoms with Gasteiger partial charge in [0.15, 0.2) is 0 Å². The van der Waals surface area contributed by atoms with Crippen LogP contribution in [0.25, 0.3) is 6.08 Å². The molecule has 118 valence electrons. The van der Waals surface area contributed by atoms with Crippen LogP contribution in [0, 0.1) is 12.7 Å². The fourth-order valence-electron chi connectivity index (χ4n) is 2.38. The van der Waals surface area contributed by atoms with Crippen LogP contribution in [0.3, 0.4) is 0 Å². The lowest BCUT2D eigenvalue weighted by Gasteiger charge is -2.18. The zero-order chi connectivity index (χ0) is 16.4. The maximum absolute atomic E-state index is 13.3. The molecule has 0 atom stereocenters. The molecule has 3 rings (SSSR count). The zero-order valence-corrected chi connectivity index (χ0v) is 12.6. The lowest BCUT2D eigenvalue weighted by atomic mass is 10.1. The Morgan fingerprint density at radius 2 is 2.13 bits per heavy atom. The Hall–Kier alpha value is -2.66. The summed E-state index contributed by atoms with van der Waals surface area (Å²) in [6.45, 7) is 1.90. The Morgan fingerprint density at radius 3 is 2.91 bits per heavy atom. The normalized spacial score (nSPS) is 12.9. The Morgan fingerprint density at radius 1 is 1.30 bits per heavy atom. The van der Waals surface area contributed by atoms with Gasteiger partial charge < -0.3 is 15.2 Å². The number of halogens is 1. The predicted octanol–water partition coefficient (Wildman–Crippen LogP) is 3.04. The first-order chi connectivity index (χ1) is 11.1. The van der Waals surface area contributed by atoms with E-state index in [0.717, 1.165) is 5.56 Å². The fourth-order valence-corrected chi connectivity index (χ4v) is 2.38. The molecule has 1 aliphatic rings. The molecule has 2 N–H and O–H groups in total. The Balaban J connectivity index is 1.84. The molecule has 1 amide bonds. The third kappa shape index (κ3) is 3.24. The number of fused-ring (bicyclic) bond motifs is 1. The van der Waals surface area contributed by atoms with Crippen LogP contribution >= 0.6 is 0 Å². The topological polar surface area (TPSA) is 58.6 Å². The molecule has 5 heteroatoms. The fraction of sp³-hybridized carbons (Fsp3) is 0.167. The number of carbonyl (C=O) groups is 1. The van der Waals surface area contributed by atoms with Crippen molar-refractivity contribution in [3.8, 4) is 5.75 Å². The van der Waals surface area contributed by atoms with Crippen LogP contribution in [0.1, 0.15) is 16.7 Å². The van der Waals surface area contributed by atoms with Crippen LogP contribution in [-0.2, 0) is 11.4 Å². The molecule has 0 saturated carbocycles. The number of carbonyl (C=O) groups excluding carboxylic acids is 1. The van der Waals surface area contributed by atoms with Crippen molar-refractivity contribution in [1.29, 1.82) is 0 Å². The maximum Gasteiger partial charge on any atom is 0.255 e. The van der Waals surface area contributed by atoms with Crippen LogP contribution in [0.4, 0.5) is 10.1 Å². The van der Waals surface area contributed by atoms with Crippen molar-refractivity contribution < 1.29 is 19.0 Å². The van der Waals surface area contributed by atoms with E-state index in [9.17, 15) is 14.3 Å². The van der Waals surface area contributed by atoms with Crippen LogP contribution < -0.4 is 10.1 Å². The van der Waals surface area contributed by atoms with E-state index >= 15 is 0 Å². The van der Waals surface area contributed by atoms with Gasteiger partial charge in [-0.2, -0.15) is 0 Å². The molecular formula is C18H16FNO3. The molecule has 0 saturated heterocycles.